The number of benzene rings is 1. The number of alkyl halides is 2. The van der Waals surface area contributed by atoms with Crippen molar-refractivity contribution in [3.8, 4) is 5.75 Å². The van der Waals surface area contributed by atoms with Gasteiger partial charge in [0.2, 0.25) is 0 Å². The maximum Gasteiger partial charge on any atom is 0.387 e. The molecule has 1 rings (SSSR count). The second kappa shape index (κ2) is 8.23. The van der Waals surface area contributed by atoms with Crippen LogP contribution < -0.4 is 4.74 Å². The number of nitro groups is 1. The van der Waals surface area contributed by atoms with Crippen LogP contribution in [0.25, 0.3) is 0 Å². The van der Waals surface area contributed by atoms with E-state index >= 15 is 0 Å². The summed E-state index contributed by atoms with van der Waals surface area (Å²) in [5.41, 5.74) is -0.132. The van der Waals surface area contributed by atoms with Crippen LogP contribution in [0.5, 0.6) is 5.75 Å². The molecule has 1 N–H and O–H groups in total. The standard InChI is InChI=1S/C13H16F2N2O5/c1-2-5-16(8-12(18)19)7-9-6-10(17(20)21)3-4-11(9)22-13(14)15/h3-4,6,13H,2,5,7-8H2,1H3,(H,18,19). The molecule has 0 bridgehead atoms. The average Bonchev–Trinajstić information content (AvgIpc) is 2.39. The Morgan fingerprint density at radius 2 is 2.18 bits per heavy atom. The Hall–Kier alpha value is -2.29. The lowest BCUT2D eigenvalue weighted by molar-refractivity contribution is -0.385. The van der Waals surface area contributed by atoms with Crippen molar-refractivity contribution < 1.29 is 28.3 Å². The van der Waals surface area contributed by atoms with Crippen LogP contribution in [0.2, 0.25) is 0 Å². The van der Waals surface area contributed by atoms with Crippen molar-refractivity contribution in [2.24, 2.45) is 0 Å². The van der Waals surface area contributed by atoms with Gasteiger partial charge in [0, 0.05) is 24.2 Å². The highest BCUT2D eigenvalue weighted by Crippen LogP contribution is 2.27. The summed E-state index contributed by atoms with van der Waals surface area (Å²) in [6.07, 6.45) is 0.646. The monoisotopic (exact) mass is 318 g/mol. The van der Waals surface area contributed by atoms with Gasteiger partial charge in [-0.2, -0.15) is 8.78 Å². The third-order valence-electron chi connectivity index (χ3n) is 2.76. The lowest BCUT2D eigenvalue weighted by Crippen LogP contribution is -2.30. The van der Waals surface area contributed by atoms with E-state index in [0.29, 0.717) is 13.0 Å². The Morgan fingerprint density at radius 3 is 2.68 bits per heavy atom. The summed E-state index contributed by atoms with van der Waals surface area (Å²) in [5.74, 6) is -1.28. The molecule has 0 amide bonds. The van der Waals surface area contributed by atoms with Crippen molar-refractivity contribution in [1.29, 1.82) is 0 Å². The van der Waals surface area contributed by atoms with Crippen molar-refractivity contribution in [3.63, 3.8) is 0 Å². The van der Waals surface area contributed by atoms with Crippen molar-refractivity contribution in [1.82, 2.24) is 4.90 Å². The lowest BCUT2D eigenvalue weighted by atomic mass is 10.1. The number of carbonyl (C=O) groups is 1. The van der Waals surface area contributed by atoms with Crippen molar-refractivity contribution >= 4 is 11.7 Å². The van der Waals surface area contributed by atoms with Gasteiger partial charge >= 0.3 is 12.6 Å². The maximum absolute atomic E-state index is 12.4. The summed E-state index contributed by atoms with van der Waals surface area (Å²) in [6, 6.07) is 3.26. The van der Waals surface area contributed by atoms with E-state index in [4.69, 9.17) is 5.11 Å². The second-order valence-electron chi connectivity index (χ2n) is 4.53. The Labute approximate surface area is 125 Å². The van der Waals surface area contributed by atoms with Crippen LogP contribution in [-0.4, -0.2) is 40.6 Å². The van der Waals surface area contributed by atoms with Crippen LogP contribution >= 0.6 is 0 Å². The van der Waals surface area contributed by atoms with Gasteiger partial charge in [-0.15, -0.1) is 0 Å². The third-order valence-corrected chi connectivity index (χ3v) is 2.76. The SMILES string of the molecule is CCCN(CC(=O)O)Cc1cc([N+](=O)[O-])ccc1OC(F)F. The first-order valence-electron chi connectivity index (χ1n) is 6.49. The van der Waals surface area contributed by atoms with Crippen LogP contribution in [0.4, 0.5) is 14.5 Å². The minimum Gasteiger partial charge on any atom is -0.480 e. The maximum atomic E-state index is 12.4. The molecular weight excluding hydrogens is 302 g/mol. The first-order chi connectivity index (χ1) is 10.3. The van der Waals surface area contributed by atoms with E-state index in [0.717, 1.165) is 18.2 Å². The number of carboxylic acid groups (broad SMARTS) is 1. The number of nitro benzene ring substituents is 1. The van der Waals surface area contributed by atoms with Crippen LogP contribution in [0, 0.1) is 10.1 Å². The zero-order valence-corrected chi connectivity index (χ0v) is 11.9. The molecule has 0 saturated heterocycles. The zero-order chi connectivity index (χ0) is 16.7. The number of nitrogens with zero attached hydrogens (tertiary/aromatic N) is 2. The molecule has 7 nitrogen and oxygen atoms in total. The fourth-order valence-electron chi connectivity index (χ4n) is 1.98. The van der Waals surface area contributed by atoms with Gasteiger partial charge in [-0.05, 0) is 19.0 Å². The highest BCUT2D eigenvalue weighted by Gasteiger charge is 2.18. The fraction of sp³-hybridized carbons (Fsp3) is 0.462. The van der Waals surface area contributed by atoms with Crippen LogP contribution in [0.1, 0.15) is 18.9 Å². The smallest absolute Gasteiger partial charge is 0.387 e. The minimum atomic E-state index is -3.07. The van der Waals surface area contributed by atoms with E-state index in [9.17, 15) is 23.7 Å². The summed E-state index contributed by atoms with van der Waals surface area (Å²) in [5, 5.41) is 19.6. The van der Waals surface area contributed by atoms with E-state index in [1.165, 1.54) is 4.90 Å². The summed E-state index contributed by atoms with van der Waals surface area (Å²) in [7, 11) is 0. The van der Waals surface area contributed by atoms with Gasteiger partial charge in [0.15, 0.2) is 0 Å². The number of hydrogen-bond acceptors (Lipinski definition) is 5. The Kier molecular flexibility index (Phi) is 6.64. The molecule has 22 heavy (non-hydrogen) atoms. The quantitative estimate of drug-likeness (QED) is 0.555. The fourth-order valence-corrected chi connectivity index (χ4v) is 1.98. The predicted molar refractivity (Wildman–Crippen MR) is 72.9 cm³/mol. The first-order valence-corrected chi connectivity index (χ1v) is 6.49. The first kappa shape index (κ1) is 17.8. The number of aliphatic carboxylic acids is 1. The number of carboxylic acids is 1. The summed E-state index contributed by atoms with van der Waals surface area (Å²) in [6.45, 7) is -1.17. The third kappa shape index (κ3) is 5.60. The molecular formula is C13H16F2N2O5. The van der Waals surface area contributed by atoms with Gasteiger partial charge in [-0.3, -0.25) is 19.8 Å². The molecule has 0 aliphatic carbocycles. The molecule has 0 aromatic heterocycles. The van der Waals surface area contributed by atoms with Gasteiger partial charge in [0.1, 0.15) is 5.75 Å². The van der Waals surface area contributed by atoms with Gasteiger partial charge < -0.3 is 9.84 Å². The molecule has 9 heteroatoms. The van der Waals surface area contributed by atoms with Gasteiger partial charge in [0.05, 0.1) is 11.5 Å². The largest absolute Gasteiger partial charge is 0.480 e. The Morgan fingerprint density at radius 1 is 1.50 bits per heavy atom. The molecule has 0 heterocycles. The van der Waals surface area contributed by atoms with Crippen molar-refractivity contribution in [2.75, 3.05) is 13.1 Å². The van der Waals surface area contributed by atoms with E-state index < -0.39 is 17.5 Å². The lowest BCUT2D eigenvalue weighted by Gasteiger charge is -2.21. The van der Waals surface area contributed by atoms with Crippen LogP contribution in [0.15, 0.2) is 18.2 Å². The molecule has 1 aromatic carbocycles. The number of ether oxygens (including phenoxy) is 1. The topological polar surface area (TPSA) is 92.9 Å². The molecule has 0 fully saturated rings. The van der Waals surface area contributed by atoms with Crippen molar-refractivity contribution in [3.05, 3.63) is 33.9 Å². The van der Waals surface area contributed by atoms with E-state index in [2.05, 4.69) is 4.74 Å². The summed E-state index contributed by atoms with van der Waals surface area (Å²) >= 11 is 0. The second-order valence-corrected chi connectivity index (χ2v) is 4.53. The summed E-state index contributed by atoms with van der Waals surface area (Å²) in [4.78, 5) is 22.4. The number of halogens is 2. The van der Waals surface area contributed by atoms with Gasteiger partial charge in [-0.1, -0.05) is 6.92 Å². The van der Waals surface area contributed by atoms with Crippen LogP contribution in [-0.2, 0) is 11.3 Å². The molecule has 0 unspecified atom stereocenters. The van der Waals surface area contributed by atoms with E-state index in [1.807, 2.05) is 6.92 Å². The molecule has 0 aliphatic rings. The number of hydrogen-bond donors (Lipinski definition) is 1. The van der Waals surface area contributed by atoms with E-state index in [-0.39, 0.29) is 30.1 Å². The number of rotatable bonds is 9. The highest BCUT2D eigenvalue weighted by molar-refractivity contribution is 5.69. The normalized spacial score (nSPS) is 11.0. The minimum absolute atomic E-state index is 0.0378. The molecule has 0 radical (unpaired) electrons. The average molecular weight is 318 g/mol. The molecule has 1 aromatic rings. The predicted octanol–water partition coefficient (Wildman–Crippen LogP) is 2.49. The molecule has 122 valence electrons. The van der Waals surface area contributed by atoms with Gasteiger partial charge in [-0.25, -0.2) is 0 Å². The Bertz CT molecular complexity index is 539. The van der Waals surface area contributed by atoms with Crippen LogP contribution in [0.3, 0.4) is 0 Å². The molecule has 0 saturated carbocycles. The van der Waals surface area contributed by atoms with Crippen molar-refractivity contribution in [2.45, 2.75) is 26.5 Å². The highest BCUT2D eigenvalue weighted by atomic mass is 19.3. The van der Waals surface area contributed by atoms with Gasteiger partial charge in [0.25, 0.3) is 5.69 Å². The molecule has 0 aliphatic heterocycles. The molecule has 0 atom stereocenters. The molecule has 0 spiro atoms. The van der Waals surface area contributed by atoms with E-state index in [1.54, 1.807) is 0 Å². The zero-order valence-electron chi connectivity index (χ0n) is 11.9. The Balaban J connectivity index is 3.07. The summed E-state index contributed by atoms with van der Waals surface area (Å²) < 4.78 is 29.1. The number of non-ortho nitro benzene ring substituents is 1.